The summed E-state index contributed by atoms with van der Waals surface area (Å²) in [5, 5.41) is 5.44. The van der Waals surface area contributed by atoms with E-state index in [-0.39, 0.29) is 53.5 Å². The van der Waals surface area contributed by atoms with E-state index >= 15 is 0 Å². The molecule has 1 aromatic rings. The Morgan fingerprint density at radius 3 is 2.42 bits per heavy atom. The molecule has 3 saturated carbocycles. The highest BCUT2D eigenvalue weighted by atomic mass is 32.1. The number of piperidine rings is 1. The number of hydrogen-bond donors (Lipinski definition) is 1. The van der Waals surface area contributed by atoms with Crippen molar-refractivity contribution < 1.29 is 23.9 Å². The summed E-state index contributed by atoms with van der Waals surface area (Å²) in [5.41, 5.74) is 0.626. The maximum absolute atomic E-state index is 14.1. The Hall–Kier alpha value is -2.33. The molecule has 5 rings (SSSR count). The highest BCUT2D eigenvalue weighted by molar-refractivity contribution is 7.09. The Morgan fingerprint density at radius 1 is 1.19 bits per heavy atom. The second-order valence-electron chi connectivity index (χ2n) is 14.4. The number of ether oxygens (including phenoxy) is 1. The number of esters is 1. The fourth-order valence-electron chi connectivity index (χ4n) is 7.85. The highest BCUT2D eigenvalue weighted by Gasteiger charge is 2.65. The van der Waals surface area contributed by atoms with Gasteiger partial charge >= 0.3 is 5.97 Å². The average molecular weight is 617 g/mol. The van der Waals surface area contributed by atoms with Gasteiger partial charge in [-0.1, -0.05) is 47.5 Å². The predicted molar refractivity (Wildman–Crippen MR) is 168 cm³/mol. The monoisotopic (exact) mass is 616 g/mol. The van der Waals surface area contributed by atoms with E-state index in [0.717, 1.165) is 51.5 Å². The van der Waals surface area contributed by atoms with Gasteiger partial charge in [0.25, 0.3) is 5.91 Å². The highest BCUT2D eigenvalue weighted by Crippen LogP contribution is 2.66. The third-order valence-corrected chi connectivity index (χ3v) is 11.2. The van der Waals surface area contributed by atoms with Crippen LogP contribution in [0.25, 0.3) is 0 Å². The lowest BCUT2D eigenvalue weighted by Gasteiger charge is -2.69. The number of nitrogens with zero attached hydrogens (tertiary/aromatic N) is 3. The van der Waals surface area contributed by atoms with Crippen LogP contribution >= 0.6 is 11.3 Å². The normalized spacial score (nSPS) is 27.7. The number of Topliss-reactive ketones (excluding diaryl/α,β-unsaturated/α-hetero) is 1. The predicted octanol–water partition coefficient (Wildman–Crippen LogP) is 5.40. The second-order valence-corrected chi connectivity index (χ2v) is 15.3. The molecule has 1 N–H and O–H groups in total. The Balaban J connectivity index is 1.48. The Morgan fingerprint density at radius 2 is 1.86 bits per heavy atom. The Bertz CT molecular complexity index is 1180. The van der Waals surface area contributed by atoms with Crippen molar-refractivity contribution >= 4 is 34.9 Å². The minimum absolute atomic E-state index is 0.0482. The summed E-state index contributed by atoms with van der Waals surface area (Å²) in [6, 6.07) is -0.389. The van der Waals surface area contributed by atoms with Crippen molar-refractivity contribution in [3.8, 4) is 0 Å². The van der Waals surface area contributed by atoms with Crippen LogP contribution < -0.4 is 5.32 Å². The first-order chi connectivity index (χ1) is 20.2. The van der Waals surface area contributed by atoms with Crippen LogP contribution in [-0.4, -0.2) is 76.6 Å². The lowest BCUT2D eigenvalue weighted by Crippen LogP contribution is -2.73. The zero-order chi connectivity index (χ0) is 31.7. The molecule has 2 amide bonds. The van der Waals surface area contributed by atoms with Crippen LogP contribution in [0, 0.1) is 23.2 Å². The number of carbonyl (C=O) groups excluding carboxylic acids is 4. The molecule has 1 aromatic heterocycles. The van der Waals surface area contributed by atoms with E-state index in [1.54, 1.807) is 17.3 Å². The van der Waals surface area contributed by atoms with Crippen molar-refractivity contribution in [1.29, 1.82) is 0 Å². The number of likely N-dealkylation sites (N-methyl/N-ethyl adjacent to an activating group) is 1. The standard InChI is InChI=1S/C33H52N4O5S/c1-9-21(4)23(14-27(39)25-12-10-11-13-36(25)7)31(41)37(8)26(20(2)3)15-28(42-22(5)38)30-34-24(16-43-30)29(40)35-33-17-32(6,18-33)19-33/h16,20-21,23,25-26,28H,9-15,17-19H2,1-8H3,(H,35,40). The number of ketones is 1. The zero-order valence-electron chi connectivity index (χ0n) is 27.4. The molecule has 0 radical (unpaired) electrons. The number of rotatable bonds is 14. The smallest absolute Gasteiger partial charge is 0.303 e. The van der Waals surface area contributed by atoms with E-state index in [1.807, 2.05) is 20.9 Å². The molecule has 43 heavy (non-hydrogen) atoms. The number of aromatic nitrogens is 1. The molecular weight excluding hydrogens is 564 g/mol. The van der Waals surface area contributed by atoms with Gasteiger partial charge in [0.15, 0.2) is 11.9 Å². The summed E-state index contributed by atoms with van der Waals surface area (Å²) in [7, 11) is 3.80. The molecule has 4 fully saturated rings. The van der Waals surface area contributed by atoms with Gasteiger partial charge in [0.1, 0.15) is 10.7 Å². The van der Waals surface area contributed by atoms with Crippen LogP contribution in [0.15, 0.2) is 5.38 Å². The lowest BCUT2D eigenvalue weighted by molar-refractivity contribution is -0.149. The van der Waals surface area contributed by atoms with Gasteiger partial charge in [0, 0.05) is 49.7 Å². The van der Waals surface area contributed by atoms with Crippen molar-refractivity contribution in [2.24, 2.45) is 23.2 Å². The maximum atomic E-state index is 14.1. The van der Waals surface area contributed by atoms with E-state index < -0.39 is 18.0 Å². The third-order valence-electron chi connectivity index (χ3n) is 10.3. The molecule has 9 nitrogen and oxygen atoms in total. The van der Waals surface area contributed by atoms with E-state index in [2.05, 4.69) is 36.0 Å². The van der Waals surface area contributed by atoms with Gasteiger partial charge in [-0.25, -0.2) is 4.98 Å². The van der Waals surface area contributed by atoms with Gasteiger partial charge in [0.2, 0.25) is 5.91 Å². The number of thiazole rings is 1. The average Bonchev–Trinajstić information content (AvgIpc) is 3.41. The van der Waals surface area contributed by atoms with E-state index in [4.69, 9.17) is 4.74 Å². The Labute approximate surface area is 261 Å². The number of amides is 2. The zero-order valence-corrected chi connectivity index (χ0v) is 28.2. The molecule has 2 heterocycles. The topological polar surface area (TPSA) is 109 Å². The molecule has 5 atom stereocenters. The van der Waals surface area contributed by atoms with Crippen LogP contribution in [0.5, 0.6) is 0 Å². The quantitative estimate of drug-likeness (QED) is 0.279. The Kier molecular flexibility index (Phi) is 10.4. The molecule has 0 aromatic carbocycles. The number of likely N-dealkylation sites (tertiary alicyclic amines) is 1. The van der Waals surface area contributed by atoms with Gasteiger partial charge in [-0.15, -0.1) is 11.3 Å². The van der Waals surface area contributed by atoms with Crippen molar-refractivity contribution in [3.63, 3.8) is 0 Å². The summed E-state index contributed by atoms with van der Waals surface area (Å²) < 4.78 is 5.76. The molecule has 1 aliphatic heterocycles. The van der Waals surface area contributed by atoms with Crippen LogP contribution in [0.4, 0.5) is 0 Å². The molecule has 2 bridgehead atoms. The molecule has 10 heteroatoms. The van der Waals surface area contributed by atoms with E-state index in [1.165, 1.54) is 18.3 Å². The summed E-state index contributed by atoms with van der Waals surface area (Å²) in [6.07, 6.45) is 6.70. The van der Waals surface area contributed by atoms with Crippen molar-refractivity contribution in [1.82, 2.24) is 20.1 Å². The minimum atomic E-state index is -0.694. The largest absolute Gasteiger partial charge is 0.455 e. The van der Waals surface area contributed by atoms with Gasteiger partial charge < -0.3 is 15.0 Å². The molecule has 3 aliphatic carbocycles. The van der Waals surface area contributed by atoms with Crippen molar-refractivity contribution in [3.05, 3.63) is 16.1 Å². The van der Waals surface area contributed by atoms with Crippen LogP contribution in [0.1, 0.15) is 121 Å². The first-order valence-electron chi connectivity index (χ1n) is 16.1. The third kappa shape index (κ3) is 7.49. The number of nitrogens with one attached hydrogen (secondary N) is 1. The lowest BCUT2D eigenvalue weighted by atomic mass is 9.40. The first kappa shape index (κ1) is 33.6. The fraction of sp³-hybridized carbons (Fsp3) is 0.788. The van der Waals surface area contributed by atoms with E-state index in [0.29, 0.717) is 22.5 Å². The number of hydrogen-bond acceptors (Lipinski definition) is 8. The van der Waals surface area contributed by atoms with Gasteiger partial charge in [-0.3, -0.25) is 24.1 Å². The summed E-state index contributed by atoms with van der Waals surface area (Å²) in [4.78, 5) is 61.2. The molecule has 1 saturated heterocycles. The van der Waals surface area contributed by atoms with Crippen molar-refractivity contribution in [2.75, 3.05) is 20.6 Å². The summed E-state index contributed by atoms with van der Waals surface area (Å²) >= 11 is 1.30. The first-order valence-corrected chi connectivity index (χ1v) is 17.0. The fourth-order valence-corrected chi connectivity index (χ4v) is 8.68. The summed E-state index contributed by atoms with van der Waals surface area (Å²) in [6.45, 7) is 12.7. The van der Waals surface area contributed by atoms with Crippen LogP contribution in [0.3, 0.4) is 0 Å². The molecule has 5 unspecified atom stereocenters. The van der Waals surface area contributed by atoms with Crippen molar-refractivity contribution in [2.45, 2.75) is 123 Å². The summed E-state index contributed by atoms with van der Waals surface area (Å²) in [5.74, 6) is -0.845. The van der Waals surface area contributed by atoms with Gasteiger partial charge in [-0.05, 0) is 62.9 Å². The SMILES string of the molecule is CCC(C)C(CC(=O)C1CCCCN1C)C(=O)N(C)C(CC(OC(C)=O)c1nc(C(=O)NC23CC(C)(C2)C3)cs1)C(C)C. The van der Waals surface area contributed by atoms with Gasteiger partial charge in [-0.2, -0.15) is 0 Å². The molecule has 0 spiro atoms. The second kappa shape index (κ2) is 13.3. The van der Waals surface area contributed by atoms with E-state index in [9.17, 15) is 19.2 Å². The molecular formula is C33H52N4O5S. The number of carbonyl (C=O) groups is 4. The molecule has 240 valence electrons. The van der Waals surface area contributed by atoms with Gasteiger partial charge in [0.05, 0.1) is 6.04 Å². The molecule has 4 aliphatic rings. The van der Waals surface area contributed by atoms with Crippen LogP contribution in [0.2, 0.25) is 0 Å². The maximum Gasteiger partial charge on any atom is 0.303 e. The van der Waals surface area contributed by atoms with Crippen LogP contribution in [-0.2, 0) is 19.1 Å². The minimum Gasteiger partial charge on any atom is -0.455 e.